The summed E-state index contributed by atoms with van der Waals surface area (Å²) in [5.74, 6) is 1.74. The van der Waals surface area contributed by atoms with E-state index in [4.69, 9.17) is 9.47 Å². The van der Waals surface area contributed by atoms with Gasteiger partial charge in [-0.15, -0.1) is 0 Å². The summed E-state index contributed by atoms with van der Waals surface area (Å²) >= 11 is 0. The van der Waals surface area contributed by atoms with Gasteiger partial charge in [0.15, 0.2) is 0 Å². The third kappa shape index (κ3) is 4.30. The molecule has 1 aromatic rings. The van der Waals surface area contributed by atoms with Gasteiger partial charge in [0.05, 0.1) is 24.9 Å². The molecular weight excluding hydrogens is 280 g/mol. The van der Waals surface area contributed by atoms with E-state index in [1.54, 1.807) is 6.33 Å². The van der Waals surface area contributed by atoms with Crippen LogP contribution in [0.15, 0.2) is 12.4 Å². The van der Waals surface area contributed by atoms with E-state index in [-0.39, 0.29) is 0 Å². The number of nitrogens with one attached hydrogen (secondary N) is 2. The molecule has 22 heavy (non-hydrogen) atoms. The Bertz CT molecular complexity index is 469. The Balaban J connectivity index is 1.58. The lowest BCUT2D eigenvalue weighted by Crippen LogP contribution is -2.37. The van der Waals surface area contributed by atoms with Crippen LogP contribution in [0.5, 0.6) is 0 Å². The largest absolute Gasteiger partial charge is 0.379 e. The predicted octanol–water partition coefficient (Wildman–Crippen LogP) is 2.44. The van der Waals surface area contributed by atoms with Gasteiger partial charge in [-0.3, -0.25) is 0 Å². The van der Waals surface area contributed by atoms with Crippen molar-refractivity contribution in [3.8, 4) is 0 Å². The lowest BCUT2D eigenvalue weighted by atomic mass is 10.00. The van der Waals surface area contributed by atoms with E-state index in [1.807, 2.05) is 6.07 Å². The number of aromatic nitrogens is 2. The molecule has 2 saturated heterocycles. The third-order valence-electron chi connectivity index (χ3n) is 4.23. The summed E-state index contributed by atoms with van der Waals surface area (Å²) in [6.07, 6.45) is 6.44. The maximum absolute atomic E-state index is 5.78. The molecule has 0 unspecified atom stereocenters. The van der Waals surface area contributed by atoms with E-state index in [9.17, 15) is 0 Å². The van der Waals surface area contributed by atoms with Crippen molar-refractivity contribution < 1.29 is 9.47 Å². The summed E-state index contributed by atoms with van der Waals surface area (Å²) in [7, 11) is 0. The van der Waals surface area contributed by atoms with E-state index in [2.05, 4.69) is 34.4 Å². The average Bonchev–Trinajstić information content (AvgIpc) is 2.47. The van der Waals surface area contributed by atoms with Crippen LogP contribution in [-0.2, 0) is 9.47 Å². The molecule has 0 aromatic carbocycles. The van der Waals surface area contributed by atoms with Gasteiger partial charge in [-0.25, -0.2) is 9.97 Å². The molecule has 0 saturated carbocycles. The Morgan fingerprint density at radius 3 is 2.36 bits per heavy atom. The minimum atomic E-state index is 0.292. The molecule has 122 valence electrons. The van der Waals surface area contributed by atoms with Crippen LogP contribution >= 0.6 is 0 Å². The average molecular weight is 306 g/mol. The van der Waals surface area contributed by atoms with Gasteiger partial charge in [0.2, 0.25) is 0 Å². The molecule has 0 aliphatic carbocycles. The van der Waals surface area contributed by atoms with Crippen molar-refractivity contribution in [2.75, 3.05) is 23.8 Å². The highest BCUT2D eigenvalue weighted by atomic mass is 16.5. The Morgan fingerprint density at radius 2 is 1.73 bits per heavy atom. The fraction of sp³-hybridized carbons (Fsp3) is 0.750. The summed E-state index contributed by atoms with van der Waals surface area (Å²) in [5, 5.41) is 6.95. The Morgan fingerprint density at radius 1 is 1.05 bits per heavy atom. The number of hydrogen-bond acceptors (Lipinski definition) is 6. The van der Waals surface area contributed by atoms with Crippen LogP contribution < -0.4 is 10.6 Å². The standard InChI is InChI=1S/C16H26N4O2/c1-11-6-14(7-12(2)22-11)20-16-8-15(17-10-18-16)19-13-4-3-5-21-9-13/h8,10-14H,3-7,9H2,1-2H3,(H2,17,18,19,20)/t11-,12-,13-/m1/s1. The molecule has 0 radical (unpaired) electrons. The maximum atomic E-state index is 5.78. The zero-order valence-corrected chi connectivity index (χ0v) is 13.4. The first-order chi connectivity index (χ1) is 10.7. The first-order valence-corrected chi connectivity index (χ1v) is 8.27. The van der Waals surface area contributed by atoms with E-state index in [1.165, 1.54) is 0 Å². The first kappa shape index (κ1) is 15.5. The van der Waals surface area contributed by atoms with Crippen LogP contribution in [0.25, 0.3) is 0 Å². The van der Waals surface area contributed by atoms with Crippen molar-refractivity contribution in [2.24, 2.45) is 0 Å². The lowest BCUT2D eigenvalue weighted by Gasteiger charge is -2.32. The van der Waals surface area contributed by atoms with Crippen LogP contribution in [0.3, 0.4) is 0 Å². The molecule has 2 N–H and O–H groups in total. The van der Waals surface area contributed by atoms with Crippen molar-refractivity contribution in [2.45, 2.75) is 63.8 Å². The second kappa shape index (κ2) is 7.24. The van der Waals surface area contributed by atoms with Gasteiger partial charge in [-0.1, -0.05) is 0 Å². The number of rotatable bonds is 4. The van der Waals surface area contributed by atoms with Crippen molar-refractivity contribution in [3.63, 3.8) is 0 Å². The smallest absolute Gasteiger partial charge is 0.131 e. The van der Waals surface area contributed by atoms with Gasteiger partial charge in [-0.05, 0) is 39.5 Å². The van der Waals surface area contributed by atoms with Crippen molar-refractivity contribution >= 4 is 11.6 Å². The summed E-state index contributed by atoms with van der Waals surface area (Å²) in [6.45, 7) is 5.87. The fourth-order valence-corrected chi connectivity index (χ4v) is 3.31. The molecule has 6 nitrogen and oxygen atoms in total. The van der Waals surface area contributed by atoms with E-state index < -0.39 is 0 Å². The fourth-order valence-electron chi connectivity index (χ4n) is 3.31. The molecule has 3 atom stereocenters. The second-order valence-corrected chi connectivity index (χ2v) is 6.42. The molecule has 2 aliphatic rings. The first-order valence-electron chi connectivity index (χ1n) is 8.27. The zero-order valence-electron chi connectivity index (χ0n) is 13.4. The van der Waals surface area contributed by atoms with E-state index in [0.29, 0.717) is 24.3 Å². The number of anilines is 2. The summed E-state index contributed by atoms with van der Waals surface area (Å²) < 4.78 is 11.3. The summed E-state index contributed by atoms with van der Waals surface area (Å²) in [6, 6.07) is 2.73. The minimum Gasteiger partial charge on any atom is -0.379 e. The molecule has 2 aliphatic heterocycles. The molecule has 6 heteroatoms. The summed E-state index contributed by atoms with van der Waals surface area (Å²) in [5.41, 5.74) is 0. The van der Waals surface area contributed by atoms with Gasteiger partial charge in [0, 0.05) is 18.7 Å². The molecule has 0 amide bonds. The molecule has 2 fully saturated rings. The second-order valence-electron chi connectivity index (χ2n) is 6.42. The van der Waals surface area contributed by atoms with Crippen LogP contribution in [-0.4, -0.2) is 47.5 Å². The Labute approximate surface area is 132 Å². The van der Waals surface area contributed by atoms with Gasteiger partial charge in [0.25, 0.3) is 0 Å². The topological polar surface area (TPSA) is 68.3 Å². The van der Waals surface area contributed by atoms with Gasteiger partial charge >= 0.3 is 0 Å². The minimum absolute atomic E-state index is 0.292. The van der Waals surface area contributed by atoms with Gasteiger partial charge in [0.1, 0.15) is 18.0 Å². The highest BCUT2D eigenvalue weighted by Crippen LogP contribution is 2.22. The summed E-state index contributed by atoms with van der Waals surface area (Å²) in [4.78, 5) is 8.66. The lowest BCUT2D eigenvalue weighted by molar-refractivity contribution is -0.0338. The SMILES string of the molecule is C[C@@H]1CC(Nc2cc(N[C@@H]3CCCOC3)ncn2)C[C@@H](C)O1. The van der Waals surface area contributed by atoms with Gasteiger partial charge in [-0.2, -0.15) is 0 Å². The highest BCUT2D eigenvalue weighted by molar-refractivity contribution is 5.47. The van der Waals surface area contributed by atoms with Crippen molar-refractivity contribution in [3.05, 3.63) is 12.4 Å². The molecule has 0 bridgehead atoms. The maximum Gasteiger partial charge on any atom is 0.131 e. The molecule has 3 heterocycles. The molecule has 1 aromatic heterocycles. The van der Waals surface area contributed by atoms with Gasteiger partial charge < -0.3 is 20.1 Å². The molecular formula is C16H26N4O2. The number of hydrogen-bond donors (Lipinski definition) is 2. The Hall–Kier alpha value is -1.40. The normalized spacial score (nSPS) is 32.5. The predicted molar refractivity (Wildman–Crippen MR) is 86.1 cm³/mol. The van der Waals surface area contributed by atoms with Crippen LogP contribution in [0, 0.1) is 0 Å². The molecule has 3 rings (SSSR count). The van der Waals surface area contributed by atoms with Crippen molar-refractivity contribution in [1.82, 2.24) is 9.97 Å². The van der Waals surface area contributed by atoms with Crippen LogP contribution in [0.2, 0.25) is 0 Å². The number of nitrogens with zero attached hydrogens (tertiary/aromatic N) is 2. The van der Waals surface area contributed by atoms with E-state index >= 15 is 0 Å². The quantitative estimate of drug-likeness (QED) is 0.890. The third-order valence-corrected chi connectivity index (χ3v) is 4.23. The zero-order chi connectivity index (χ0) is 15.4. The number of ether oxygens (including phenoxy) is 2. The van der Waals surface area contributed by atoms with Crippen molar-refractivity contribution in [1.29, 1.82) is 0 Å². The van der Waals surface area contributed by atoms with E-state index in [0.717, 1.165) is 50.5 Å². The monoisotopic (exact) mass is 306 g/mol. The van der Waals surface area contributed by atoms with Crippen LogP contribution in [0.1, 0.15) is 39.5 Å². The Kier molecular flexibility index (Phi) is 5.10. The molecule has 0 spiro atoms. The highest BCUT2D eigenvalue weighted by Gasteiger charge is 2.24. The van der Waals surface area contributed by atoms with Crippen LogP contribution in [0.4, 0.5) is 11.6 Å².